The Morgan fingerprint density at radius 1 is 1.65 bits per heavy atom. The molecule has 0 bridgehead atoms. The number of nitrogens with zero attached hydrogens (tertiary/aromatic N) is 1. The molecule has 1 aromatic carbocycles. The molecule has 0 aliphatic carbocycles. The van der Waals surface area contributed by atoms with Crippen LogP contribution in [0.4, 0.5) is 5.69 Å². The third-order valence-corrected chi connectivity index (χ3v) is 2.47. The fourth-order valence-corrected chi connectivity index (χ4v) is 1.24. The number of nitro benzene ring substituents is 1. The maximum Gasteiger partial charge on any atom is 0.310 e. The second kappa shape index (κ2) is 6.22. The molecule has 92 valence electrons. The summed E-state index contributed by atoms with van der Waals surface area (Å²) in [6.45, 7) is 2.28. The van der Waals surface area contributed by atoms with Crippen LogP contribution in [0.15, 0.2) is 29.3 Å². The van der Waals surface area contributed by atoms with Crippen molar-refractivity contribution in [1.29, 1.82) is 0 Å². The monoisotopic (exact) mass is 256 g/mol. The summed E-state index contributed by atoms with van der Waals surface area (Å²) in [4.78, 5) is 10.3. The first-order valence-electron chi connectivity index (χ1n) is 4.94. The van der Waals surface area contributed by atoms with E-state index in [1.165, 1.54) is 11.6 Å². The Labute approximate surface area is 104 Å². The number of ether oxygens (including phenoxy) is 1. The SMILES string of the molecule is C/C(=C/Cl)COc1cc(CN)ccc1[N+](=O)[O-]. The van der Waals surface area contributed by atoms with Crippen LogP contribution >= 0.6 is 11.6 Å². The zero-order chi connectivity index (χ0) is 12.8. The first-order chi connectivity index (χ1) is 8.08. The van der Waals surface area contributed by atoms with Gasteiger partial charge in [-0.1, -0.05) is 17.7 Å². The molecule has 0 atom stereocenters. The predicted octanol–water partition coefficient (Wildman–Crippen LogP) is 2.57. The van der Waals surface area contributed by atoms with Crippen molar-refractivity contribution in [2.45, 2.75) is 13.5 Å². The number of benzene rings is 1. The fraction of sp³-hybridized carbons (Fsp3) is 0.273. The molecule has 0 radical (unpaired) electrons. The molecule has 6 heteroatoms. The molecule has 0 aliphatic rings. The van der Waals surface area contributed by atoms with E-state index in [0.29, 0.717) is 6.54 Å². The Balaban J connectivity index is 2.97. The molecule has 0 heterocycles. The van der Waals surface area contributed by atoms with Crippen LogP contribution < -0.4 is 10.5 Å². The number of nitro groups is 1. The van der Waals surface area contributed by atoms with Crippen molar-refractivity contribution in [3.05, 3.63) is 45.0 Å². The Morgan fingerprint density at radius 3 is 2.88 bits per heavy atom. The summed E-state index contributed by atoms with van der Waals surface area (Å²) in [5.74, 6) is 0.204. The summed E-state index contributed by atoms with van der Waals surface area (Å²) in [7, 11) is 0. The highest BCUT2D eigenvalue weighted by molar-refractivity contribution is 6.25. The third-order valence-electron chi connectivity index (χ3n) is 2.10. The lowest BCUT2D eigenvalue weighted by atomic mass is 10.2. The van der Waals surface area contributed by atoms with Crippen molar-refractivity contribution >= 4 is 17.3 Å². The number of halogens is 1. The molecule has 0 saturated carbocycles. The van der Waals surface area contributed by atoms with E-state index in [2.05, 4.69) is 0 Å². The molecule has 0 saturated heterocycles. The molecule has 0 spiro atoms. The van der Waals surface area contributed by atoms with Crippen LogP contribution in [0.2, 0.25) is 0 Å². The summed E-state index contributed by atoms with van der Waals surface area (Å²) in [6.07, 6.45) is 0. The lowest BCUT2D eigenvalue weighted by Crippen LogP contribution is -2.03. The topological polar surface area (TPSA) is 78.4 Å². The maximum absolute atomic E-state index is 10.8. The minimum Gasteiger partial charge on any atom is -0.482 e. The molecular formula is C11H13ClN2O3. The van der Waals surface area contributed by atoms with Crippen LogP contribution in [-0.2, 0) is 6.54 Å². The van der Waals surface area contributed by atoms with Gasteiger partial charge < -0.3 is 10.5 Å². The van der Waals surface area contributed by atoms with E-state index in [4.69, 9.17) is 22.1 Å². The minimum atomic E-state index is -0.491. The van der Waals surface area contributed by atoms with Crippen LogP contribution in [0.5, 0.6) is 5.75 Å². The number of nitrogens with two attached hydrogens (primary N) is 1. The summed E-state index contributed by atoms with van der Waals surface area (Å²) in [5.41, 5.74) is 8.32. The van der Waals surface area contributed by atoms with Crippen molar-refractivity contribution in [3.8, 4) is 5.75 Å². The second-order valence-electron chi connectivity index (χ2n) is 3.51. The lowest BCUT2D eigenvalue weighted by Gasteiger charge is -2.08. The Morgan fingerprint density at radius 2 is 2.35 bits per heavy atom. The molecule has 2 N–H and O–H groups in total. The Bertz CT molecular complexity index is 446. The van der Waals surface area contributed by atoms with Crippen LogP contribution in [0, 0.1) is 10.1 Å². The lowest BCUT2D eigenvalue weighted by molar-refractivity contribution is -0.385. The Hall–Kier alpha value is -1.59. The predicted molar refractivity (Wildman–Crippen MR) is 66.1 cm³/mol. The standard InChI is InChI=1S/C11H13ClN2O3/c1-8(5-12)7-17-11-4-9(6-13)2-3-10(11)14(15)16/h2-5H,6-7,13H2,1H3/b8-5-. The number of hydrogen-bond donors (Lipinski definition) is 1. The average molecular weight is 257 g/mol. The first-order valence-corrected chi connectivity index (χ1v) is 5.38. The van der Waals surface area contributed by atoms with Gasteiger partial charge >= 0.3 is 5.69 Å². The van der Waals surface area contributed by atoms with Gasteiger partial charge in [0.2, 0.25) is 0 Å². The third kappa shape index (κ3) is 3.72. The van der Waals surface area contributed by atoms with Gasteiger partial charge in [-0.25, -0.2) is 0 Å². The normalized spacial score (nSPS) is 11.4. The van der Waals surface area contributed by atoms with Crippen molar-refractivity contribution in [2.24, 2.45) is 5.73 Å². The molecule has 0 fully saturated rings. The van der Waals surface area contributed by atoms with Gasteiger partial charge in [0.25, 0.3) is 0 Å². The fourth-order valence-electron chi connectivity index (χ4n) is 1.18. The molecular weight excluding hydrogens is 244 g/mol. The number of hydrogen-bond acceptors (Lipinski definition) is 4. The maximum atomic E-state index is 10.8. The van der Waals surface area contributed by atoms with Gasteiger partial charge in [0.1, 0.15) is 6.61 Å². The highest BCUT2D eigenvalue weighted by Gasteiger charge is 2.15. The van der Waals surface area contributed by atoms with Crippen LogP contribution in [-0.4, -0.2) is 11.5 Å². The van der Waals surface area contributed by atoms with Gasteiger partial charge in [0.05, 0.1) is 4.92 Å². The molecule has 0 aliphatic heterocycles. The molecule has 1 rings (SSSR count). The van der Waals surface area contributed by atoms with E-state index in [9.17, 15) is 10.1 Å². The summed E-state index contributed by atoms with van der Waals surface area (Å²) in [6, 6.07) is 4.56. The molecule has 5 nitrogen and oxygen atoms in total. The van der Waals surface area contributed by atoms with Crippen molar-refractivity contribution in [2.75, 3.05) is 6.61 Å². The summed E-state index contributed by atoms with van der Waals surface area (Å²) in [5, 5.41) is 10.8. The smallest absolute Gasteiger partial charge is 0.310 e. The van der Waals surface area contributed by atoms with E-state index in [0.717, 1.165) is 11.1 Å². The molecule has 0 aromatic heterocycles. The summed E-state index contributed by atoms with van der Waals surface area (Å²) < 4.78 is 5.34. The number of rotatable bonds is 5. The van der Waals surface area contributed by atoms with E-state index in [1.807, 2.05) is 0 Å². The van der Waals surface area contributed by atoms with Gasteiger partial charge in [-0.15, -0.1) is 0 Å². The van der Waals surface area contributed by atoms with Crippen molar-refractivity contribution in [3.63, 3.8) is 0 Å². The molecule has 17 heavy (non-hydrogen) atoms. The zero-order valence-electron chi connectivity index (χ0n) is 9.35. The van der Waals surface area contributed by atoms with E-state index < -0.39 is 4.92 Å². The quantitative estimate of drug-likeness (QED) is 0.649. The van der Waals surface area contributed by atoms with Gasteiger partial charge in [-0.3, -0.25) is 10.1 Å². The van der Waals surface area contributed by atoms with Gasteiger partial charge in [0.15, 0.2) is 5.75 Å². The zero-order valence-corrected chi connectivity index (χ0v) is 10.1. The van der Waals surface area contributed by atoms with Crippen molar-refractivity contribution < 1.29 is 9.66 Å². The van der Waals surface area contributed by atoms with Crippen LogP contribution in [0.1, 0.15) is 12.5 Å². The first kappa shape index (κ1) is 13.5. The summed E-state index contributed by atoms with van der Waals surface area (Å²) >= 11 is 5.48. The molecule has 1 aromatic rings. The van der Waals surface area contributed by atoms with E-state index >= 15 is 0 Å². The Kier molecular flexibility index (Phi) is 4.93. The van der Waals surface area contributed by atoms with Gasteiger partial charge in [-0.05, 0) is 24.1 Å². The van der Waals surface area contributed by atoms with Gasteiger partial charge in [0, 0.05) is 18.1 Å². The minimum absolute atomic E-state index is 0.0791. The molecule has 0 unspecified atom stereocenters. The second-order valence-corrected chi connectivity index (χ2v) is 3.73. The van der Waals surface area contributed by atoms with Crippen LogP contribution in [0.3, 0.4) is 0 Å². The highest BCUT2D eigenvalue weighted by Crippen LogP contribution is 2.28. The highest BCUT2D eigenvalue weighted by atomic mass is 35.5. The van der Waals surface area contributed by atoms with Crippen LogP contribution in [0.25, 0.3) is 0 Å². The van der Waals surface area contributed by atoms with Crippen molar-refractivity contribution in [1.82, 2.24) is 0 Å². The van der Waals surface area contributed by atoms with Gasteiger partial charge in [-0.2, -0.15) is 0 Å². The van der Waals surface area contributed by atoms with E-state index in [-0.39, 0.29) is 18.0 Å². The molecule has 0 amide bonds. The average Bonchev–Trinajstić information content (AvgIpc) is 2.35. The largest absolute Gasteiger partial charge is 0.482 e. The van der Waals surface area contributed by atoms with E-state index in [1.54, 1.807) is 19.1 Å².